The predicted molar refractivity (Wildman–Crippen MR) is 121 cm³/mol. The quantitative estimate of drug-likeness (QED) is 0.472. The maximum Gasteiger partial charge on any atom is 0.220 e. The van der Waals surface area contributed by atoms with Crippen molar-refractivity contribution in [3.8, 4) is 34.3 Å². The lowest BCUT2D eigenvalue weighted by atomic mass is 10.1. The van der Waals surface area contributed by atoms with E-state index in [-0.39, 0.29) is 34.5 Å². The van der Waals surface area contributed by atoms with Gasteiger partial charge in [-0.05, 0) is 13.8 Å². The van der Waals surface area contributed by atoms with Gasteiger partial charge in [0.15, 0.2) is 11.6 Å². The van der Waals surface area contributed by atoms with Crippen molar-refractivity contribution in [3.63, 3.8) is 0 Å². The van der Waals surface area contributed by atoms with Crippen molar-refractivity contribution in [2.24, 2.45) is 14.1 Å². The Morgan fingerprint density at radius 2 is 0.969 bits per heavy atom. The molecule has 0 saturated carbocycles. The Balaban J connectivity index is 0.000000181. The highest BCUT2D eigenvalue weighted by Crippen LogP contribution is 2.30. The normalized spacial score (nSPS) is 10.4. The van der Waals surface area contributed by atoms with Gasteiger partial charge in [-0.15, -0.1) is 0 Å². The molecule has 2 aromatic carbocycles. The fraction of sp³-hybridized carbons (Fsp3) is 0.167. The van der Waals surface area contributed by atoms with E-state index in [0.717, 1.165) is 11.1 Å². The van der Waals surface area contributed by atoms with Crippen molar-refractivity contribution in [2.75, 3.05) is 0 Å². The van der Waals surface area contributed by atoms with Crippen LogP contribution in [-0.4, -0.2) is 41.3 Å². The van der Waals surface area contributed by atoms with Crippen LogP contribution < -0.4 is 0 Å². The van der Waals surface area contributed by atoms with Crippen LogP contribution in [0.4, 0.5) is 0 Å². The highest BCUT2D eigenvalue weighted by Gasteiger charge is 2.21. The first-order valence-corrected chi connectivity index (χ1v) is 9.87. The lowest BCUT2D eigenvalue weighted by Crippen LogP contribution is -1.93. The standard InChI is InChI=1S/2C12H12N2O2/c2*1-8(15)10-11(13-14(2)12(10)16)9-6-4-3-5-7-9/h2*3-7,16H,1-2H3. The molecule has 0 bridgehead atoms. The molecule has 0 aliphatic heterocycles. The number of hydrogen-bond donors (Lipinski definition) is 2. The zero-order valence-corrected chi connectivity index (χ0v) is 18.3. The summed E-state index contributed by atoms with van der Waals surface area (Å²) in [6.45, 7) is 2.84. The minimum absolute atomic E-state index is 0.0913. The van der Waals surface area contributed by atoms with E-state index in [0.29, 0.717) is 11.4 Å². The fourth-order valence-corrected chi connectivity index (χ4v) is 3.27. The molecule has 0 amide bonds. The molecule has 8 nitrogen and oxygen atoms in total. The van der Waals surface area contributed by atoms with Crippen LogP contribution in [0.2, 0.25) is 0 Å². The topological polar surface area (TPSA) is 110 Å². The van der Waals surface area contributed by atoms with Crippen molar-refractivity contribution in [3.05, 3.63) is 71.8 Å². The second-order valence-electron chi connectivity index (χ2n) is 7.19. The number of nitrogens with zero attached hydrogens (tertiary/aromatic N) is 4. The Morgan fingerprint density at radius 3 is 1.25 bits per heavy atom. The van der Waals surface area contributed by atoms with E-state index in [2.05, 4.69) is 10.2 Å². The van der Waals surface area contributed by atoms with Gasteiger partial charge in [0.05, 0.1) is 0 Å². The van der Waals surface area contributed by atoms with Gasteiger partial charge in [0, 0.05) is 25.2 Å². The Labute approximate surface area is 185 Å². The third kappa shape index (κ3) is 4.44. The van der Waals surface area contributed by atoms with Crippen molar-refractivity contribution in [1.29, 1.82) is 0 Å². The van der Waals surface area contributed by atoms with Crippen LogP contribution in [0.25, 0.3) is 22.5 Å². The summed E-state index contributed by atoms with van der Waals surface area (Å²) in [6.07, 6.45) is 0. The first-order chi connectivity index (χ1) is 15.2. The number of aromatic nitrogens is 4. The fourth-order valence-electron chi connectivity index (χ4n) is 3.27. The number of hydrogen-bond acceptors (Lipinski definition) is 6. The number of rotatable bonds is 4. The predicted octanol–water partition coefficient (Wildman–Crippen LogP) is 3.99. The number of aryl methyl sites for hydroxylation is 2. The van der Waals surface area contributed by atoms with Crippen molar-refractivity contribution >= 4 is 11.6 Å². The number of carbonyl (C=O) groups excluding carboxylic acids is 2. The SMILES string of the molecule is CC(=O)c1c(-c2ccccc2)nn(C)c1O.CC(=O)c1c(-c2ccccc2)nn(C)c1O. The molecule has 2 aromatic heterocycles. The summed E-state index contributed by atoms with van der Waals surface area (Å²) in [5.41, 5.74) is 3.23. The smallest absolute Gasteiger partial charge is 0.220 e. The molecule has 32 heavy (non-hydrogen) atoms. The van der Waals surface area contributed by atoms with Crippen molar-refractivity contribution in [1.82, 2.24) is 19.6 Å². The summed E-state index contributed by atoms with van der Waals surface area (Å²) in [4.78, 5) is 22.9. The van der Waals surface area contributed by atoms with Gasteiger partial charge < -0.3 is 10.2 Å². The average molecular weight is 432 g/mol. The number of benzene rings is 2. The lowest BCUT2D eigenvalue weighted by Gasteiger charge is -1.98. The maximum atomic E-state index is 11.5. The first-order valence-electron chi connectivity index (χ1n) is 9.87. The molecule has 4 rings (SSSR count). The molecule has 2 heterocycles. The Bertz CT molecular complexity index is 1160. The van der Waals surface area contributed by atoms with E-state index < -0.39 is 0 Å². The Kier molecular flexibility index (Phi) is 6.53. The molecule has 0 atom stereocenters. The molecule has 0 spiro atoms. The van der Waals surface area contributed by atoms with E-state index in [1.165, 1.54) is 23.2 Å². The Morgan fingerprint density at radius 1 is 0.656 bits per heavy atom. The minimum atomic E-state index is -0.190. The van der Waals surface area contributed by atoms with Crippen LogP contribution >= 0.6 is 0 Å². The first kappa shape index (κ1) is 22.5. The molecule has 164 valence electrons. The summed E-state index contributed by atoms with van der Waals surface area (Å²) in [5.74, 6) is -0.563. The molecule has 8 heteroatoms. The molecule has 0 saturated heterocycles. The lowest BCUT2D eigenvalue weighted by molar-refractivity contribution is 0.100. The highest BCUT2D eigenvalue weighted by atomic mass is 16.3. The molecule has 0 fully saturated rings. The third-order valence-corrected chi connectivity index (χ3v) is 4.83. The number of carbonyl (C=O) groups is 2. The van der Waals surface area contributed by atoms with E-state index >= 15 is 0 Å². The summed E-state index contributed by atoms with van der Waals surface area (Å²) in [6, 6.07) is 18.7. The van der Waals surface area contributed by atoms with Crippen LogP contribution in [0.3, 0.4) is 0 Å². The van der Waals surface area contributed by atoms with Crippen LogP contribution in [0, 0.1) is 0 Å². The molecular weight excluding hydrogens is 408 g/mol. The summed E-state index contributed by atoms with van der Waals surface area (Å²) < 4.78 is 2.61. The van der Waals surface area contributed by atoms with E-state index in [1.54, 1.807) is 14.1 Å². The van der Waals surface area contributed by atoms with Gasteiger partial charge in [-0.1, -0.05) is 60.7 Å². The zero-order chi connectivity index (χ0) is 23.4. The van der Waals surface area contributed by atoms with Gasteiger partial charge in [0.2, 0.25) is 11.8 Å². The largest absolute Gasteiger partial charge is 0.493 e. The summed E-state index contributed by atoms with van der Waals surface area (Å²) in [7, 11) is 3.21. The molecule has 2 N–H and O–H groups in total. The highest BCUT2D eigenvalue weighted by molar-refractivity contribution is 6.02. The third-order valence-electron chi connectivity index (χ3n) is 4.83. The molecule has 0 unspecified atom stereocenters. The molecule has 0 aliphatic rings. The monoisotopic (exact) mass is 432 g/mol. The average Bonchev–Trinajstić information content (AvgIpc) is 3.25. The van der Waals surface area contributed by atoms with E-state index in [4.69, 9.17) is 0 Å². The van der Waals surface area contributed by atoms with Crippen LogP contribution in [0.15, 0.2) is 60.7 Å². The second-order valence-corrected chi connectivity index (χ2v) is 7.19. The Hall–Kier alpha value is -4.20. The van der Waals surface area contributed by atoms with Crippen molar-refractivity contribution < 1.29 is 19.8 Å². The number of ketones is 2. The van der Waals surface area contributed by atoms with Crippen molar-refractivity contribution in [2.45, 2.75) is 13.8 Å². The molecule has 0 radical (unpaired) electrons. The maximum absolute atomic E-state index is 11.5. The van der Waals surface area contributed by atoms with E-state index in [1.807, 2.05) is 60.7 Å². The molecule has 0 aliphatic carbocycles. The number of Topliss-reactive ketones (excluding diaryl/α,β-unsaturated/α-hetero) is 2. The van der Waals surface area contributed by atoms with Crippen LogP contribution in [0.1, 0.15) is 34.6 Å². The minimum Gasteiger partial charge on any atom is -0.493 e. The zero-order valence-electron chi connectivity index (χ0n) is 18.3. The van der Waals surface area contributed by atoms with Gasteiger partial charge >= 0.3 is 0 Å². The van der Waals surface area contributed by atoms with Crippen LogP contribution in [-0.2, 0) is 14.1 Å². The van der Waals surface area contributed by atoms with Gasteiger partial charge in [0.1, 0.15) is 22.5 Å². The molecule has 4 aromatic rings. The molecular formula is C24H24N4O4. The van der Waals surface area contributed by atoms with Gasteiger partial charge in [-0.3, -0.25) is 9.59 Å². The second kappa shape index (κ2) is 9.30. The number of aromatic hydroxyl groups is 2. The van der Waals surface area contributed by atoms with Crippen LogP contribution in [0.5, 0.6) is 11.8 Å². The van der Waals surface area contributed by atoms with Gasteiger partial charge in [-0.2, -0.15) is 10.2 Å². The van der Waals surface area contributed by atoms with Gasteiger partial charge in [-0.25, -0.2) is 9.36 Å². The summed E-state index contributed by atoms with van der Waals surface area (Å²) in [5, 5.41) is 27.8. The summed E-state index contributed by atoms with van der Waals surface area (Å²) >= 11 is 0. The van der Waals surface area contributed by atoms with E-state index in [9.17, 15) is 19.8 Å². The van der Waals surface area contributed by atoms with Gasteiger partial charge in [0.25, 0.3) is 0 Å².